The molecular weight excluding hydrogens is 236 g/mol. The fourth-order valence-corrected chi connectivity index (χ4v) is 0.843. The Bertz CT molecular complexity index is 411. The van der Waals surface area contributed by atoms with Crippen molar-refractivity contribution in [1.82, 2.24) is 0 Å². The number of hydrogen-bond donors (Lipinski definition) is 0. The second-order valence-electron chi connectivity index (χ2n) is 2.60. The van der Waals surface area contributed by atoms with Crippen LogP contribution in [0, 0.1) is 21.7 Å². The van der Waals surface area contributed by atoms with Gasteiger partial charge in [0.25, 0.3) is 0 Å². The number of methoxy groups -OCH3 is 1. The normalized spacial score (nSPS) is 8.65. The van der Waals surface area contributed by atoms with Crippen LogP contribution in [0.1, 0.15) is 10.4 Å². The Balaban J connectivity index is 0.000000437. The van der Waals surface area contributed by atoms with Gasteiger partial charge in [0, 0.05) is 5.56 Å². The molecule has 0 saturated heterocycles. The average molecular weight is 245 g/mol. The van der Waals surface area contributed by atoms with Gasteiger partial charge in [0.15, 0.2) is 17.4 Å². The number of hydrogen-bond acceptors (Lipinski definition) is 4. The average Bonchev–Trinajstić information content (AvgIpc) is 2.29. The summed E-state index contributed by atoms with van der Waals surface area (Å²) >= 11 is 0. The fourth-order valence-electron chi connectivity index (χ4n) is 0.843. The predicted octanol–water partition coefficient (Wildman–Crippen LogP) is 2.19. The van der Waals surface area contributed by atoms with Crippen molar-refractivity contribution < 1.29 is 23.2 Å². The highest BCUT2D eigenvalue weighted by molar-refractivity contribution is 5.75. The quantitative estimate of drug-likeness (QED) is 0.465. The van der Waals surface area contributed by atoms with Crippen molar-refractivity contribution in [1.29, 1.82) is 0 Å². The minimum atomic E-state index is -0.875. The van der Waals surface area contributed by atoms with Gasteiger partial charge in [0.05, 0.1) is 12.0 Å². The Labute approximate surface area is 95.5 Å². The summed E-state index contributed by atoms with van der Waals surface area (Å²) in [6.45, 7) is 2.86. The van der Waals surface area contributed by atoms with Crippen LogP contribution < -0.4 is 4.74 Å². The third-order valence-electron chi connectivity index (χ3n) is 1.51. The molecule has 1 aromatic carbocycles. The molecule has 0 spiro atoms. The van der Waals surface area contributed by atoms with E-state index in [4.69, 9.17) is 10.1 Å². The van der Waals surface area contributed by atoms with E-state index in [-0.39, 0.29) is 5.56 Å². The maximum atomic E-state index is 12.8. The monoisotopic (exact) mass is 245 g/mol. The number of rotatable bonds is 3. The van der Waals surface area contributed by atoms with Gasteiger partial charge >= 0.3 is 0 Å². The van der Waals surface area contributed by atoms with Crippen molar-refractivity contribution in [3.63, 3.8) is 0 Å². The first-order valence-corrected chi connectivity index (χ1v) is 4.20. The van der Waals surface area contributed by atoms with Crippen LogP contribution in [0.2, 0.25) is 0 Å². The molecule has 92 valence electrons. The summed E-state index contributed by atoms with van der Waals surface area (Å²) in [4.78, 5) is 18.6. The number of nitrogens with zero attached hydrogens (tertiary/aromatic N) is 1. The molecular formula is C10H9F2NO4. The Kier molecular flexibility index (Phi) is 6.09. The first kappa shape index (κ1) is 14.7. The first-order valence-electron chi connectivity index (χ1n) is 4.20. The molecule has 0 fully saturated rings. The second-order valence-corrected chi connectivity index (χ2v) is 2.60. The Morgan fingerprint density at radius 1 is 1.41 bits per heavy atom. The van der Waals surface area contributed by atoms with Gasteiger partial charge in [-0.15, -0.1) is 0 Å². The summed E-state index contributed by atoms with van der Waals surface area (Å²) in [5.74, 6) is -2.22. The number of aldehydes is 1. The van der Waals surface area contributed by atoms with Gasteiger partial charge in [0.1, 0.15) is 6.29 Å². The number of carbonyl (C=O) groups is 1. The van der Waals surface area contributed by atoms with Crippen LogP contribution in [0.3, 0.4) is 0 Å². The standard InChI is InChI=1S/C8H6F2O2.C2H3NO2/c1-12-8-6(9)2-5(4-11)3-7(8)10;1-2-3(4)5/h2-4H,1H3;2H,1H2. The SMILES string of the molecule is C=C[N+](=O)[O-].COc1c(F)cc(C=O)cc1F. The molecule has 0 atom stereocenters. The van der Waals surface area contributed by atoms with E-state index in [0.29, 0.717) is 12.5 Å². The molecule has 0 aromatic heterocycles. The van der Waals surface area contributed by atoms with E-state index in [9.17, 15) is 13.6 Å². The van der Waals surface area contributed by atoms with Crippen molar-refractivity contribution in [2.24, 2.45) is 0 Å². The smallest absolute Gasteiger partial charge is 0.227 e. The lowest BCUT2D eigenvalue weighted by Crippen LogP contribution is -1.94. The second kappa shape index (κ2) is 7.04. The molecule has 0 aliphatic heterocycles. The summed E-state index contributed by atoms with van der Waals surface area (Å²) in [5.41, 5.74) is -0.0502. The van der Waals surface area contributed by atoms with Crippen molar-refractivity contribution in [3.05, 3.63) is 52.2 Å². The molecule has 0 saturated carbocycles. The molecule has 0 bridgehead atoms. The van der Waals surface area contributed by atoms with Crippen LogP contribution in [0.4, 0.5) is 8.78 Å². The van der Waals surface area contributed by atoms with Gasteiger partial charge in [-0.1, -0.05) is 0 Å². The molecule has 0 aliphatic rings. The van der Waals surface area contributed by atoms with E-state index in [1.165, 1.54) is 0 Å². The summed E-state index contributed by atoms with van der Waals surface area (Å²) in [7, 11) is 1.15. The van der Waals surface area contributed by atoms with Crippen molar-refractivity contribution >= 4 is 6.29 Å². The highest BCUT2D eigenvalue weighted by Crippen LogP contribution is 2.21. The molecule has 0 radical (unpaired) electrons. The van der Waals surface area contributed by atoms with Crippen LogP contribution in [0.5, 0.6) is 5.75 Å². The van der Waals surface area contributed by atoms with Crippen molar-refractivity contribution in [2.45, 2.75) is 0 Å². The molecule has 0 aliphatic carbocycles. The molecule has 0 amide bonds. The summed E-state index contributed by atoms with van der Waals surface area (Å²) in [5, 5.41) is 9.06. The molecule has 0 unspecified atom stereocenters. The molecule has 1 aromatic rings. The van der Waals surface area contributed by atoms with Crippen LogP contribution in [0.25, 0.3) is 0 Å². The minimum absolute atomic E-state index is 0.0502. The maximum absolute atomic E-state index is 12.8. The van der Waals surface area contributed by atoms with Gasteiger partial charge < -0.3 is 4.74 Å². The summed E-state index contributed by atoms with van der Waals surface area (Å²) in [6, 6.07) is 1.82. The largest absolute Gasteiger partial charge is 0.491 e. The zero-order valence-electron chi connectivity index (χ0n) is 8.85. The van der Waals surface area contributed by atoms with Crippen LogP contribution in [-0.2, 0) is 0 Å². The van der Waals surface area contributed by atoms with Crippen LogP contribution >= 0.6 is 0 Å². The zero-order valence-corrected chi connectivity index (χ0v) is 8.85. The Morgan fingerprint density at radius 2 is 1.82 bits per heavy atom. The molecule has 5 nitrogen and oxygen atoms in total. The summed E-state index contributed by atoms with van der Waals surface area (Å²) in [6.07, 6.45) is 1.01. The zero-order chi connectivity index (χ0) is 13.4. The van der Waals surface area contributed by atoms with E-state index in [2.05, 4.69) is 11.3 Å². The first-order chi connectivity index (χ1) is 7.96. The lowest BCUT2D eigenvalue weighted by Gasteiger charge is -2.02. The van der Waals surface area contributed by atoms with E-state index >= 15 is 0 Å². The molecule has 0 N–H and O–H groups in total. The predicted molar refractivity (Wildman–Crippen MR) is 55.5 cm³/mol. The number of benzene rings is 1. The van der Waals surface area contributed by atoms with Gasteiger partial charge in [-0.05, 0) is 18.7 Å². The number of nitro groups is 1. The molecule has 0 heterocycles. The fraction of sp³-hybridized carbons (Fsp3) is 0.100. The van der Waals surface area contributed by atoms with E-state index in [1.54, 1.807) is 0 Å². The van der Waals surface area contributed by atoms with Crippen LogP contribution in [0.15, 0.2) is 24.9 Å². The highest BCUT2D eigenvalue weighted by Gasteiger charge is 2.10. The number of ether oxygens (including phenoxy) is 1. The van der Waals surface area contributed by atoms with Gasteiger partial charge in [0.2, 0.25) is 6.20 Å². The Morgan fingerprint density at radius 3 is 2.06 bits per heavy atom. The minimum Gasteiger partial charge on any atom is -0.491 e. The molecule has 7 heteroatoms. The third kappa shape index (κ3) is 4.83. The van der Waals surface area contributed by atoms with Gasteiger partial charge in [-0.3, -0.25) is 14.9 Å². The number of halogens is 2. The highest BCUT2D eigenvalue weighted by atomic mass is 19.1. The van der Waals surface area contributed by atoms with Gasteiger partial charge in [-0.2, -0.15) is 0 Å². The van der Waals surface area contributed by atoms with Crippen molar-refractivity contribution in [3.8, 4) is 5.75 Å². The summed E-state index contributed by atoms with van der Waals surface area (Å²) < 4.78 is 30.0. The van der Waals surface area contributed by atoms with E-state index in [0.717, 1.165) is 19.2 Å². The van der Waals surface area contributed by atoms with Crippen molar-refractivity contribution in [2.75, 3.05) is 7.11 Å². The lowest BCUT2D eigenvalue weighted by atomic mass is 10.2. The van der Waals surface area contributed by atoms with E-state index < -0.39 is 22.3 Å². The van der Waals surface area contributed by atoms with E-state index in [1.807, 2.05) is 0 Å². The maximum Gasteiger partial charge on any atom is 0.227 e. The topological polar surface area (TPSA) is 69.4 Å². The molecule has 17 heavy (non-hydrogen) atoms. The van der Waals surface area contributed by atoms with Gasteiger partial charge in [-0.25, -0.2) is 8.78 Å². The number of carbonyl (C=O) groups excluding carboxylic acids is 1. The molecule has 1 rings (SSSR count). The third-order valence-corrected chi connectivity index (χ3v) is 1.51. The Hall–Kier alpha value is -2.31. The lowest BCUT2D eigenvalue weighted by molar-refractivity contribution is -0.401. The van der Waals surface area contributed by atoms with Crippen LogP contribution in [-0.4, -0.2) is 18.3 Å².